The number of hydrogen-bond donors (Lipinski definition) is 14. The number of carboxylic acids is 5. The van der Waals surface area contributed by atoms with Crippen LogP contribution in [-0.2, 0) is 52.7 Å². The molecule has 0 aliphatic carbocycles. The van der Waals surface area contributed by atoms with E-state index in [1.54, 1.807) is 19.6 Å². The van der Waals surface area contributed by atoms with E-state index < -0.39 is 102 Å². The zero-order chi connectivity index (χ0) is 55.6. The Bertz CT molecular complexity index is 1940. The van der Waals surface area contributed by atoms with Crippen molar-refractivity contribution < 1.29 is 78.3 Å². The number of rotatable bonds is 34. The van der Waals surface area contributed by atoms with E-state index in [0.29, 0.717) is 19.3 Å². The average Bonchev–Trinajstić information content (AvgIpc) is 3.31. The SMILES string of the molecule is C#CCCCC(=O)NC(CCCCNC(=O)CN1CCN(CC(=O)O)CCN(CC(=O)O)CCN(CC(=O)O)CC1)C(=O)NC(CCCCN=C(N)N)C(=O)NCC(=O)NC(CC(=O)O)C(=O)NC(CS)C(=O)O. The van der Waals surface area contributed by atoms with Crippen LogP contribution in [0.4, 0.5) is 0 Å². The number of carboxylic acid groups (broad SMARTS) is 5. The highest BCUT2D eigenvalue weighted by molar-refractivity contribution is 7.80. The summed E-state index contributed by atoms with van der Waals surface area (Å²) < 4.78 is 0. The minimum atomic E-state index is -1.74. The van der Waals surface area contributed by atoms with Crippen LogP contribution in [0.15, 0.2) is 4.99 Å². The Kier molecular flexibility index (Phi) is 32.6. The van der Waals surface area contributed by atoms with Crippen LogP contribution in [-0.4, -0.2) is 244 Å². The number of unbranched alkanes of at least 4 members (excludes halogenated alkanes) is 3. The predicted molar refractivity (Wildman–Crippen MR) is 267 cm³/mol. The maximum absolute atomic E-state index is 13.9. The highest BCUT2D eigenvalue weighted by Crippen LogP contribution is 2.08. The summed E-state index contributed by atoms with van der Waals surface area (Å²) in [6.45, 7) is 0.0516. The first-order valence-corrected chi connectivity index (χ1v) is 24.5. The van der Waals surface area contributed by atoms with Crippen molar-refractivity contribution in [2.75, 3.05) is 104 Å². The van der Waals surface area contributed by atoms with Gasteiger partial charge in [0.05, 0.1) is 39.1 Å². The van der Waals surface area contributed by atoms with Gasteiger partial charge < -0.3 is 68.9 Å². The third-order valence-electron chi connectivity index (χ3n) is 11.1. The topological polar surface area (TPSA) is 438 Å². The number of nitrogens with zero attached hydrogens (tertiary/aromatic N) is 5. The Labute approximate surface area is 433 Å². The fourth-order valence-electron chi connectivity index (χ4n) is 7.22. The predicted octanol–water partition coefficient (Wildman–Crippen LogP) is -5.46. The van der Waals surface area contributed by atoms with Gasteiger partial charge in [0.2, 0.25) is 35.4 Å². The van der Waals surface area contributed by atoms with Crippen LogP contribution < -0.4 is 43.4 Å². The quantitative estimate of drug-likeness (QED) is 0.00940. The highest BCUT2D eigenvalue weighted by Gasteiger charge is 2.30. The second kappa shape index (κ2) is 37.0. The second-order valence-corrected chi connectivity index (χ2v) is 17.6. The lowest BCUT2D eigenvalue weighted by Gasteiger charge is -2.32. The first kappa shape index (κ1) is 65.2. The zero-order valence-corrected chi connectivity index (χ0v) is 42.2. The molecule has 1 fully saturated rings. The average molecular weight is 1070 g/mol. The minimum absolute atomic E-state index is 0.0179. The summed E-state index contributed by atoms with van der Waals surface area (Å²) in [5.41, 5.74) is 10.8. The van der Waals surface area contributed by atoms with E-state index in [0.717, 1.165) is 0 Å². The van der Waals surface area contributed by atoms with Crippen LogP contribution in [0.5, 0.6) is 0 Å². The number of thiol groups is 1. The Balaban J connectivity index is 3.14. The molecular formula is C44H73N13O16S. The van der Waals surface area contributed by atoms with Crippen molar-refractivity contribution in [2.24, 2.45) is 16.5 Å². The molecule has 0 spiro atoms. The van der Waals surface area contributed by atoms with Gasteiger partial charge in [-0.15, -0.1) is 12.3 Å². The maximum Gasteiger partial charge on any atom is 0.327 e. The lowest BCUT2D eigenvalue weighted by molar-refractivity contribution is -0.143. The Morgan fingerprint density at radius 3 is 1.46 bits per heavy atom. The molecule has 0 bridgehead atoms. The molecule has 1 rings (SSSR count). The number of amides is 6. The smallest absolute Gasteiger partial charge is 0.327 e. The summed E-state index contributed by atoms with van der Waals surface area (Å²) in [6, 6.07) is -5.76. The van der Waals surface area contributed by atoms with Crippen LogP contribution in [0.1, 0.15) is 64.2 Å². The first-order chi connectivity index (χ1) is 35.0. The number of hydrogen-bond acceptors (Lipinski definition) is 17. The standard InChI is InChI=1S/C44H73N13O16S/c1-2-3-4-11-33(58)50-30(10-5-7-12-47-35(60)24-54-14-16-55(25-37(63)64)18-20-57(27-39(67)68)21-19-56(17-15-54)26-38(65)66)41(70)52-29(9-6-8-13-48-44(45)46)40(69)49-23-34(59)51-31(22-36(61)62)42(71)53-32(28-74)43(72)73/h1,29-32,74H,3-28H2,(H,47,60)(H,49,69)(H,50,58)(H,51,59)(H,52,70)(H,53,71)(H,61,62)(H,63,64)(H,65,66)(H,67,68)(H,72,73)(H4,45,46,48). The summed E-state index contributed by atoms with van der Waals surface area (Å²) >= 11 is 3.84. The van der Waals surface area contributed by atoms with Gasteiger partial charge in [-0.1, -0.05) is 0 Å². The van der Waals surface area contributed by atoms with E-state index in [1.807, 2.05) is 0 Å². The summed E-state index contributed by atoms with van der Waals surface area (Å²) in [6.07, 6.45) is 6.18. The van der Waals surface area contributed by atoms with E-state index in [4.69, 9.17) is 17.9 Å². The molecule has 4 unspecified atom stereocenters. The molecule has 416 valence electrons. The molecular weight excluding hydrogens is 999 g/mol. The van der Waals surface area contributed by atoms with Gasteiger partial charge in [-0.05, 0) is 44.9 Å². The molecule has 30 heteroatoms. The first-order valence-electron chi connectivity index (χ1n) is 23.9. The molecule has 1 heterocycles. The fourth-order valence-corrected chi connectivity index (χ4v) is 7.47. The monoisotopic (exact) mass is 1070 g/mol. The molecule has 0 aromatic heterocycles. The van der Waals surface area contributed by atoms with Crippen LogP contribution in [0.25, 0.3) is 0 Å². The molecule has 74 heavy (non-hydrogen) atoms. The van der Waals surface area contributed by atoms with E-state index in [9.17, 15) is 78.3 Å². The lowest BCUT2D eigenvalue weighted by Crippen LogP contribution is -2.56. The Morgan fingerprint density at radius 1 is 0.541 bits per heavy atom. The summed E-state index contributed by atoms with van der Waals surface area (Å²) in [5.74, 6) is -9.07. The van der Waals surface area contributed by atoms with Gasteiger partial charge in [-0.2, -0.15) is 12.6 Å². The molecule has 0 aromatic rings. The third-order valence-corrected chi connectivity index (χ3v) is 11.4. The third kappa shape index (κ3) is 30.9. The number of carbonyl (C=O) groups is 11. The molecule has 0 radical (unpaired) electrons. The number of nitrogens with two attached hydrogens (primary N) is 2. The number of terminal acetylenes is 1. The summed E-state index contributed by atoms with van der Waals surface area (Å²) in [5, 5.41) is 61.6. The van der Waals surface area contributed by atoms with Crippen molar-refractivity contribution in [1.29, 1.82) is 0 Å². The molecule has 4 atom stereocenters. The fraction of sp³-hybridized carbons (Fsp3) is 0.682. The van der Waals surface area contributed by atoms with Gasteiger partial charge in [-0.25, -0.2) is 4.79 Å². The summed E-state index contributed by atoms with van der Waals surface area (Å²) in [4.78, 5) is 147. The number of carbonyl (C=O) groups excluding carboxylic acids is 6. The molecule has 0 aromatic carbocycles. The maximum atomic E-state index is 13.9. The molecule has 15 N–H and O–H groups in total. The Hall–Kier alpha value is -6.81. The van der Waals surface area contributed by atoms with Gasteiger partial charge in [0.15, 0.2) is 5.96 Å². The number of aliphatic carboxylic acids is 5. The molecule has 6 amide bonds. The number of aliphatic imine (C=N–C) groups is 1. The van der Waals surface area contributed by atoms with Crippen molar-refractivity contribution in [3.63, 3.8) is 0 Å². The van der Waals surface area contributed by atoms with Crippen molar-refractivity contribution >= 4 is 83.9 Å². The van der Waals surface area contributed by atoms with Crippen molar-refractivity contribution in [1.82, 2.24) is 51.5 Å². The number of guanidine groups is 1. The van der Waals surface area contributed by atoms with E-state index in [2.05, 4.69) is 55.4 Å². The van der Waals surface area contributed by atoms with Gasteiger partial charge in [0.25, 0.3) is 0 Å². The molecule has 1 aliphatic rings. The van der Waals surface area contributed by atoms with E-state index in [1.165, 1.54) is 0 Å². The minimum Gasteiger partial charge on any atom is -0.481 e. The highest BCUT2D eigenvalue weighted by atomic mass is 32.1. The van der Waals surface area contributed by atoms with Crippen LogP contribution in [0, 0.1) is 12.3 Å². The largest absolute Gasteiger partial charge is 0.481 e. The molecule has 29 nitrogen and oxygen atoms in total. The van der Waals surface area contributed by atoms with Gasteiger partial charge in [0.1, 0.15) is 24.2 Å². The molecule has 1 saturated heterocycles. The molecule has 0 saturated carbocycles. The van der Waals surface area contributed by atoms with E-state index in [-0.39, 0.29) is 142 Å². The van der Waals surface area contributed by atoms with Crippen LogP contribution in [0.2, 0.25) is 0 Å². The summed E-state index contributed by atoms with van der Waals surface area (Å²) in [7, 11) is 0. The Morgan fingerprint density at radius 2 is 1.00 bits per heavy atom. The van der Waals surface area contributed by atoms with Crippen molar-refractivity contribution in [3.05, 3.63) is 0 Å². The van der Waals surface area contributed by atoms with Crippen LogP contribution >= 0.6 is 12.6 Å². The van der Waals surface area contributed by atoms with Gasteiger partial charge in [-0.3, -0.25) is 72.5 Å². The molecule has 1 aliphatic heterocycles. The number of nitrogens with one attached hydrogen (secondary N) is 6. The van der Waals surface area contributed by atoms with Gasteiger partial charge >= 0.3 is 29.8 Å². The van der Waals surface area contributed by atoms with Gasteiger partial charge in [0, 0.05) is 84.0 Å². The van der Waals surface area contributed by atoms with Crippen molar-refractivity contribution in [2.45, 2.75) is 88.4 Å². The van der Waals surface area contributed by atoms with Crippen LogP contribution in [0.3, 0.4) is 0 Å². The zero-order valence-electron chi connectivity index (χ0n) is 41.3. The van der Waals surface area contributed by atoms with E-state index >= 15 is 0 Å². The second-order valence-electron chi connectivity index (χ2n) is 17.2. The lowest BCUT2D eigenvalue weighted by atomic mass is 10.0. The normalized spacial score (nSPS) is 15.6. The van der Waals surface area contributed by atoms with Crippen molar-refractivity contribution in [3.8, 4) is 12.3 Å².